The Morgan fingerprint density at radius 1 is 1.47 bits per heavy atom. The Balaban J connectivity index is 2.27. The fourth-order valence-electron chi connectivity index (χ4n) is 1.67. The number of aromatic nitrogens is 2. The summed E-state index contributed by atoms with van der Waals surface area (Å²) in [6, 6.07) is 6.06. The number of nitro benzene ring substituents is 1. The zero-order valence-electron chi connectivity index (χ0n) is 10.7. The second-order valence-electron chi connectivity index (χ2n) is 4.03. The highest BCUT2D eigenvalue weighted by molar-refractivity contribution is 5.57. The molecule has 1 N–H and O–H groups in total. The molecule has 7 heteroatoms. The summed E-state index contributed by atoms with van der Waals surface area (Å²) in [4.78, 5) is 10.3. The number of rotatable bonds is 5. The van der Waals surface area contributed by atoms with E-state index in [9.17, 15) is 10.1 Å². The third-order valence-corrected chi connectivity index (χ3v) is 2.63. The highest BCUT2D eigenvalue weighted by Gasteiger charge is 2.15. The molecular weight excluding hydrogens is 248 g/mol. The van der Waals surface area contributed by atoms with Crippen LogP contribution < -0.4 is 5.32 Å². The summed E-state index contributed by atoms with van der Waals surface area (Å²) in [5.41, 5.74) is 0.536. The SMILES string of the molecule is CCNC(C)c1nnc(-c2cccc([N+](=O)[O-])c2)o1. The maximum Gasteiger partial charge on any atom is 0.270 e. The van der Waals surface area contributed by atoms with Crippen molar-refractivity contribution in [3.05, 3.63) is 40.3 Å². The molecule has 0 aliphatic heterocycles. The van der Waals surface area contributed by atoms with E-state index in [1.807, 2.05) is 13.8 Å². The van der Waals surface area contributed by atoms with E-state index < -0.39 is 4.92 Å². The lowest BCUT2D eigenvalue weighted by Gasteiger charge is -2.05. The topological polar surface area (TPSA) is 94.1 Å². The molecular formula is C12H14N4O3. The lowest BCUT2D eigenvalue weighted by atomic mass is 10.2. The molecule has 1 heterocycles. The molecule has 7 nitrogen and oxygen atoms in total. The van der Waals surface area contributed by atoms with Crippen molar-refractivity contribution in [1.82, 2.24) is 15.5 Å². The Morgan fingerprint density at radius 3 is 2.95 bits per heavy atom. The maximum atomic E-state index is 10.7. The predicted octanol–water partition coefficient (Wildman–Crippen LogP) is 2.32. The van der Waals surface area contributed by atoms with E-state index in [0.717, 1.165) is 6.54 Å². The lowest BCUT2D eigenvalue weighted by Crippen LogP contribution is -2.17. The number of hydrogen-bond donors (Lipinski definition) is 1. The van der Waals surface area contributed by atoms with Gasteiger partial charge >= 0.3 is 0 Å². The first kappa shape index (κ1) is 13.2. The molecule has 100 valence electrons. The minimum atomic E-state index is -0.456. The molecule has 1 aromatic heterocycles. The van der Waals surface area contributed by atoms with Crippen LogP contribution in [0.1, 0.15) is 25.8 Å². The summed E-state index contributed by atoms with van der Waals surface area (Å²) in [6.07, 6.45) is 0. The molecule has 1 aromatic carbocycles. The minimum absolute atomic E-state index is 0.00279. The van der Waals surface area contributed by atoms with Crippen LogP contribution >= 0.6 is 0 Å². The van der Waals surface area contributed by atoms with E-state index in [4.69, 9.17) is 4.42 Å². The molecule has 2 aromatic rings. The van der Waals surface area contributed by atoms with Crippen LogP contribution in [0.3, 0.4) is 0 Å². The number of non-ortho nitro benzene ring substituents is 1. The van der Waals surface area contributed by atoms with Crippen molar-refractivity contribution in [2.24, 2.45) is 0 Å². The molecule has 0 amide bonds. The quantitative estimate of drug-likeness (QED) is 0.656. The average molecular weight is 262 g/mol. The minimum Gasteiger partial charge on any atom is -0.419 e. The first-order chi connectivity index (χ1) is 9.11. The van der Waals surface area contributed by atoms with Crippen LogP contribution in [-0.2, 0) is 0 Å². The van der Waals surface area contributed by atoms with Gasteiger partial charge in [-0.1, -0.05) is 13.0 Å². The van der Waals surface area contributed by atoms with Crippen molar-refractivity contribution in [3.63, 3.8) is 0 Å². The zero-order valence-corrected chi connectivity index (χ0v) is 10.7. The highest BCUT2D eigenvalue weighted by Crippen LogP contribution is 2.24. The van der Waals surface area contributed by atoms with Gasteiger partial charge in [0.15, 0.2) is 0 Å². The van der Waals surface area contributed by atoms with E-state index in [-0.39, 0.29) is 17.6 Å². The Hall–Kier alpha value is -2.28. The van der Waals surface area contributed by atoms with Gasteiger partial charge in [0.1, 0.15) is 0 Å². The van der Waals surface area contributed by atoms with Gasteiger partial charge in [0.25, 0.3) is 5.69 Å². The first-order valence-corrected chi connectivity index (χ1v) is 5.93. The van der Waals surface area contributed by atoms with Gasteiger partial charge in [0.2, 0.25) is 11.8 Å². The molecule has 0 aliphatic rings. The number of nitro groups is 1. The van der Waals surface area contributed by atoms with Gasteiger partial charge < -0.3 is 9.73 Å². The lowest BCUT2D eigenvalue weighted by molar-refractivity contribution is -0.384. The molecule has 1 atom stereocenters. The third-order valence-electron chi connectivity index (χ3n) is 2.63. The van der Waals surface area contributed by atoms with Crippen molar-refractivity contribution in [3.8, 4) is 11.5 Å². The Morgan fingerprint density at radius 2 is 2.26 bits per heavy atom. The van der Waals surface area contributed by atoms with Gasteiger partial charge in [0, 0.05) is 17.7 Å². The van der Waals surface area contributed by atoms with Crippen LogP contribution in [0.15, 0.2) is 28.7 Å². The van der Waals surface area contributed by atoms with Crippen LogP contribution in [-0.4, -0.2) is 21.7 Å². The molecule has 1 unspecified atom stereocenters. The third kappa shape index (κ3) is 2.94. The molecule has 0 aliphatic carbocycles. The molecule has 2 rings (SSSR count). The zero-order chi connectivity index (χ0) is 13.8. The van der Waals surface area contributed by atoms with Gasteiger partial charge in [0.05, 0.1) is 11.0 Å². The summed E-state index contributed by atoms with van der Waals surface area (Å²) in [7, 11) is 0. The molecule has 0 spiro atoms. The van der Waals surface area contributed by atoms with Crippen LogP contribution in [0.5, 0.6) is 0 Å². The van der Waals surface area contributed by atoms with Gasteiger partial charge in [-0.05, 0) is 19.5 Å². The largest absolute Gasteiger partial charge is 0.419 e. The van der Waals surface area contributed by atoms with Crippen LogP contribution in [0.25, 0.3) is 11.5 Å². The van der Waals surface area contributed by atoms with E-state index in [2.05, 4.69) is 15.5 Å². The fraction of sp³-hybridized carbons (Fsp3) is 0.333. The van der Waals surface area contributed by atoms with Crippen molar-refractivity contribution in [2.75, 3.05) is 6.54 Å². The van der Waals surface area contributed by atoms with Gasteiger partial charge in [-0.3, -0.25) is 10.1 Å². The smallest absolute Gasteiger partial charge is 0.270 e. The molecule has 0 saturated carbocycles. The molecule has 0 fully saturated rings. The summed E-state index contributed by atoms with van der Waals surface area (Å²) < 4.78 is 5.51. The molecule has 0 bridgehead atoms. The number of nitrogens with zero attached hydrogens (tertiary/aromatic N) is 3. The number of nitrogens with one attached hydrogen (secondary N) is 1. The van der Waals surface area contributed by atoms with Gasteiger partial charge in [-0.2, -0.15) is 0 Å². The molecule has 19 heavy (non-hydrogen) atoms. The molecule has 0 saturated heterocycles. The van der Waals surface area contributed by atoms with Crippen molar-refractivity contribution >= 4 is 5.69 Å². The monoisotopic (exact) mass is 262 g/mol. The Bertz CT molecular complexity index is 582. The number of benzene rings is 1. The van der Waals surface area contributed by atoms with Crippen molar-refractivity contribution in [2.45, 2.75) is 19.9 Å². The van der Waals surface area contributed by atoms with Gasteiger partial charge in [-0.25, -0.2) is 0 Å². The standard InChI is InChI=1S/C12H14N4O3/c1-3-13-8(2)11-14-15-12(19-11)9-5-4-6-10(7-9)16(17)18/h4-8,13H,3H2,1-2H3. The first-order valence-electron chi connectivity index (χ1n) is 5.93. The second kappa shape index (κ2) is 5.57. The predicted molar refractivity (Wildman–Crippen MR) is 68.5 cm³/mol. The van der Waals surface area contributed by atoms with Crippen LogP contribution in [0, 0.1) is 10.1 Å². The second-order valence-corrected chi connectivity index (χ2v) is 4.03. The Labute approximate surface area is 109 Å². The van der Waals surface area contributed by atoms with E-state index in [1.54, 1.807) is 12.1 Å². The van der Waals surface area contributed by atoms with Crippen LogP contribution in [0.4, 0.5) is 5.69 Å². The van der Waals surface area contributed by atoms with E-state index in [1.165, 1.54) is 12.1 Å². The van der Waals surface area contributed by atoms with Crippen LogP contribution in [0.2, 0.25) is 0 Å². The normalized spacial score (nSPS) is 12.3. The van der Waals surface area contributed by atoms with Crippen molar-refractivity contribution in [1.29, 1.82) is 0 Å². The summed E-state index contributed by atoms with van der Waals surface area (Å²) in [5.74, 6) is 0.742. The summed E-state index contributed by atoms with van der Waals surface area (Å²) in [6.45, 7) is 4.68. The summed E-state index contributed by atoms with van der Waals surface area (Å²) >= 11 is 0. The number of hydrogen-bond acceptors (Lipinski definition) is 6. The maximum absolute atomic E-state index is 10.7. The highest BCUT2D eigenvalue weighted by atomic mass is 16.6. The Kier molecular flexibility index (Phi) is 3.86. The fourth-order valence-corrected chi connectivity index (χ4v) is 1.67. The molecule has 0 radical (unpaired) electrons. The van der Waals surface area contributed by atoms with Gasteiger partial charge in [-0.15, -0.1) is 10.2 Å². The van der Waals surface area contributed by atoms with E-state index >= 15 is 0 Å². The summed E-state index contributed by atoms with van der Waals surface area (Å²) in [5, 5.41) is 21.7. The van der Waals surface area contributed by atoms with E-state index in [0.29, 0.717) is 11.5 Å². The average Bonchev–Trinajstić information content (AvgIpc) is 2.89. The van der Waals surface area contributed by atoms with Crippen molar-refractivity contribution < 1.29 is 9.34 Å².